The highest BCUT2D eigenvalue weighted by molar-refractivity contribution is 5.72. The van der Waals surface area contributed by atoms with Gasteiger partial charge in [-0.1, -0.05) is 34.3 Å². The van der Waals surface area contributed by atoms with Crippen molar-refractivity contribution < 1.29 is 9.53 Å². The maximum Gasteiger partial charge on any atom is 0.309 e. The Kier molecular flexibility index (Phi) is 3.09. The van der Waals surface area contributed by atoms with Crippen LogP contribution in [0.1, 0.15) is 47.0 Å². The van der Waals surface area contributed by atoms with Crippen LogP contribution in [0.25, 0.3) is 0 Å². The van der Waals surface area contributed by atoms with E-state index < -0.39 is 0 Å². The number of hydrogen-bond acceptors (Lipinski definition) is 2. The summed E-state index contributed by atoms with van der Waals surface area (Å²) in [5.41, 5.74) is 1.56. The molecule has 2 aliphatic carbocycles. The molecule has 0 aromatic rings. The van der Waals surface area contributed by atoms with Gasteiger partial charge in [0.15, 0.2) is 0 Å². The van der Waals surface area contributed by atoms with Gasteiger partial charge in [0.25, 0.3) is 0 Å². The Hall–Kier alpha value is -0.790. The number of ether oxygens (including phenoxy) is 1. The van der Waals surface area contributed by atoms with Crippen molar-refractivity contribution in [1.29, 1.82) is 0 Å². The van der Waals surface area contributed by atoms with Gasteiger partial charge in [0.2, 0.25) is 0 Å². The van der Waals surface area contributed by atoms with Crippen LogP contribution in [0.4, 0.5) is 0 Å². The first-order valence-electron chi connectivity index (χ1n) is 6.81. The van der Waals surface area contributed by atoms with Gasteiger partial charge in [-0.05, 0) is 42.1 Å². The minimum Gasteiger partial charge on any atom is -0.458 e. The Morgan fingerprint density at radius 3 is 2.59 bits per heavy atom. The summed E-state index contributed by atoms with van der Waals surface area (Å²) < 4.78 is 5.61. The zero-order valence-corrected chi connectivity index (χ0v) is 11.5. The lowest BCUT2D eigenvalue weighted by molar-refractivity contribution is -0.152. The van der Waals surface area contributed by atoms with E-state index in [9.17, 15) is 4.79 Å². The highest BCUT2D eigenvalue weighted by atomic mass is 16.5. The largest absolute Gasteiger partial charge is 0.458 e. The van der Waals surface area contributed by atoms with Gasteiger partial charge in [-0.3, -0.25) is 4.79 Å². The smallest absolute Gasteiger partial charge is 0.309 e. The molecule has 4 atom stereocenters. The minimum absolute atomic E-state index is 0.00901. The van der Waals surface area contributed by atoms with Crippen LogP contribution in [0.2, 0.25) is 0 Å². The molecule has 4 unspecified atom stereocenters. The quantitative estimate of drug-likeness (QED) is 0.551. The first-order valence-corrected chi connectivity index (χ1v) is 6.81. The molecule has 0 saturated heterocycles. The molecular formula is C15H24O2. The van der Waals surface area contributed by atoms with E-state index in [-0.39, 0.29) is 18.0 Å². The third-order valence-electron chi connectivity index (χ3n) is 4.97. The summed E-state index contributed by atoms with van der Waals surface area (Å²) in [6.07, 6.45) is 3.08. The zero-order valence-electron chi connectivity index (χ0n) is 11.5. The van der Waals surface area contributed by atoms with E-state index in [0.717, 1.165) is 18.4 Å². The molecule has 0 radical (unpaired) electrons. The van der Waals surface area contributed by atoms with Crippen LogP contribution >= 0.6 is 0 Å². The number of hydrogen-bond donors (Lipinski definition) is 0. The zero-order chi connectivity index (χ0) is 12.8. The van der Waals surface area contributed by atoms with Gasteiger partial charge < -0.3 is 4.74 Å². The molecule has 0 aromatic carbocycles. The van der Waals surface area contributed by atoms with E-state index in [2.05, 4.69) is 20.4 Å². The highest BCUT2D eigenvalue weighted by Gasteiger charge is 2.64. The summed E-state index contributed by atoms with van der Waals surface area (Å²) >= 11 is 0. The summed E-state index contributed by atoms with van der Waals surface area (Å²) in [5, 5.41) is 0. The third-order valence-corrected chi connectivity index (χ3v) is 4.97. The van der Waals surface area contributed by atoms with E-state index in [1.165, 1.54) is 6.42 Å². The number of esters is 1. The molecule has 2 rings (SSSR count). The van der Waals surface area contributed by atoms with Gasteiger partial charge >= 0.3 is 5.97 Å². The maximum atomic E-state index is 11.8. The fourth-order valence-electron chi connectivity index (χ4n) is 3.16. The summed E-state index contributed by atoms with van der Waals surface area (Å²) in [4.78, 5) is 11.8. The number of carbonyl (C=O) groups is 1. The molecule has 0 heterocycles. The van der Waals surface area contributed by atoms with Gasteiger partial charge in [0.1, 0.15) is 6.10 Å². The first-order chi connectivity index (χ1) is 7.92. The van der Waals surface area contributed by atoms with Crippen molar-refractivity contribution in [2.45, 2.75) is 53.1 Å². The van der Waals surface area contributed by atoms with Crippen LogP contribution in [0.5, 0.6) is 0 Å². The summed E-state index contributed by atoms with van der Waals surface area (Å²) in [5.74, 6) is 1.22. The van der Waals surface area contributed by atoms with Gasteiger partial charge in [-0.2, -0.15) is 0 Å². The molecular weight excluding hydrogens is 212 g/mol. The van der Waals surface area contributed by atoms with Crippen molar-refractivity contribution >= 4 is 5.97 Å². The lowest BCUT2D eigenvalue weighted by Gasteiger charge is -2.21. The second kappa shape index (κ2) is 4.15. The lowest BCUT2D eigenvalue weighted by Crippen LogP contribution is -2.24. The van der Waals surface area contributed by atoms with Crippen LogP contribution in [0.3, 0.4) is 0 Å². The molecule has 0 aromatic heterocycles. The molecule has 2 aliphatic rings. The van der Waals surface area contributed by atoms with E-state index in [1.807, 2.05) is 13.8 Å². The van der Waals surface area contributed by atoms with Crippen molar-refractivity contribution in [2.75, 3.05) is 0 Å². The lowest BCUT2D eigenvalue weighted by atomic mass is 9.89. The molecule has 0 N–H and O–H groups in total. The summed E-state index contributed by atoms with van der Waals surface area (Å²) in [7, 11) is 0. The molecule has 17 heavy (non-hydrogen) atoms. The molecule has 2 heteroatoms. The average Bonchev–Trinajstić information content (AvgIpc) is 2.95. The van der Waals surface area contributed by atoms with Gasteiger partial charge in [-0.15, -0.1) is 0 Å². The molecule has 0 amide bonds. The Morgan fingerprint density at radius 1 is 1.47 bits per heavy atom. The van der Waals surface area contributed by atoms with Crippen molar-refractivity contribution in [3.8, 4) is 0 Å². The second-order valence-electron chi connectivity index (χ2n) is 6.16. The second-order valence-corrected chi connectivity index (χ2v) is 6.16. The van der Waals surface area contributed by atoms with Crippen LogP contribution < -0.4 is 0 Å². The summed E-state index contributed by atoms with van der Waals surface area (Å²) in [6.45, 7) is 12.6. The molecule has 2 nitrogen and oxygen atoms in total. The maximum absolute atomic E-state index is 11.8. The van der Waals surface area contributed by atoms with Crippen LogP contribution in [-0.2, 0) is 9.53 Å². The van der Waals surface area contributed by atoms with Crippen molar-refractivity contribution in [1.82, 2.24) is 0 Å². The fraction of sp³-hybridized carbons (Fsp3) is 0.800. The Labute approximate surface area is 104 Å². The standard InChI is InChI=1S/C15H24O2/c1-6-10(4)14(16)17-13-8-15(9(2)3)7-12(15)11(13)5/h9-10,12-13H,5-8H2,1-4H3. The Bertz CT molecular complexity index is 345. The average molecular weight is 236 g/mol. The van der Waals surface area contributed by atoms with Crippen LogP contribution in [-0.4, -0.2) is 12.1 Å². The molecule has 0 bridgehead atoms. The van der Waals surface area contributed by atoms with Crippen LogP contribution in [0.15, 0.2) is 12.2 Å². The normalized spacial score (nSPS) is 36.9. The first kappa shape index (κ1) is 12.7. The van der Waals surface area contributed by atoms with E-state index in [1.54, 1.807) is 0 Å². The number of rotatable bonds is 4. The van der Waals surface area contributed by atoms with Gasteiger partial charge in [0.05, 0.1) is 5.92 Å². The molecule has 96 valence electrons. The van der Waals surface area contributed by atoms with Crippen molar-refractivity contribution in [3.63, 3.8) is 0 Å². The Morgan fingerprint density at radius 2 is 2.12 bits per heavy atom. The topological polar surface area (TPSA) is 26.3 Å². The molecule has 2 fully saturated rings. The number of carbonyl (C=O) groups excluding carboxylic acids is 1. The molecule has 0 spiro atoms. The predicted octanol–water partition coefficient (Wildman–Crippen LogP) is 3.57. The fourth-order valence-corrected chi connectivity index (χ4v) is 3.16. The van der Waals surface area contributed by atoms with Crippen molar-refractivity contribution in [3.05, 3.63) is 12.2 Å². The highest BCUT2D eigenvalue weighted by Crippen LogP contribution is 2.69. The van der Waals surface area contributed by atoms with E-state index >= 15 is 0 Å². The Balaban J connectivity index is 1.97. The van der Waals surface area contributed by atoms with Crippen molar-refractivity contribution in [2.24, 2.45) is 23.2 Å². The predicted molar refractivity (Wildman–Crippen MR) is 68.5 cm³/mol. The number of fused-ring (bicyclic) bond motifs is 1. The summed E-state index contributed by atoms with van der Waals surface area (Å²) in [6, 6.07) is 0. The monoisotopic (exact) mass is 236 g/mol. The van der Waals surface area contributed by atoms with Crippen LogP contribution in [0, 0.1) is 23.2 Å². The molecule has 0 aliphatic heterocycles. The van der Waals surface area contributed by atoms with Gasteiger partial charge in [0, 0.05) is 0 Å². The third kappa shape index (κ3) is 1.92. The van der Waals surface area contributed by atoms with E-state index in [0.29, 0.717) is 17.3 Å². The SMILES string of the molecule is C=C1C(OC(=O)C(C)CC)CC2(C(C)C)CC12. The van der Waals surface area contributed by atoms with Gasteiger partial charge in [-0.25, -0.2) is 0 Å². The molecule has 2 saturated carbocycles. The minimum atomic E-state index is -0.0566. The van der Waals surface area contributed by atoms with E-state index in [4.69, 9.17) is 4.74 Å².